The maximum atomic E-state index is 10.5. The van der Waals surface area contributed by atoms with Gasteiger partial charge in [0.25, 0.3) is 0 Å². The van der Waals surface area contributed by atoms with Crippen LogP contribution >= 0.6 is 11.6 Å². The minimum Gasteiger partial charge on any atom is -0.366 e. The minimum absolute atomic E-state index is 0.473. The Morgan fingerprint density at radius 2 is 2.23 bits per heavy atom. The molecule has 1 aromatic rings. The number of nitrogens with two attached hydrogens (primary N) is 1. The van der Waals surface area contributed by atoms with E-state index >= 15 is 0 Å². The van der Waals surface area contributed by atoms with E-state index in [1.165, 1.54) is 6.08 Å². The average Bonchev–Trinajstić information content (AvgIpc) is 2.03. The fourth-order valence-electron chi connectivity index (χ4n) is 1.02. The van der Waals surface area contributed by atoms with Crippen molar-refractivity contribution in [2.75, 3.05) is 0 Å². The Hall–Kier alpha value is -1.28. The van der Waals surface area contributed by atoms with Gasteiger partial charge in [0.2, 0.25) is 5.91 Å². The first kappa shape index (κ1) is 9.81. The molecule has 0 aromatic heterocycles. The standard InChI is InChI=1S/C10H10ClNO/c1-7-3-2-4-9(11)8(7)5-6-10(12)13/h2-6H,1H3,(H2,12,13). The molecule has 0 unspecified atom stereocenters. The Kier molecular flexibility index (Phi) is 3.09. The number of amides is 1. The van der Waals surface area contributed by atoms with Gasteiger partial charge < -0.3 is 5.73 Å². The number of carbonyl (C=O) groups excluding carboxylic acids is 1. The second kappa shape index (κ2) is 4.10. The molecule has 68 valence electrons. The number of aryl methyl sites for hydroxylation is 1. The summed E-state index contributed by atoms with van der Waals surface area (Å²) in [7, 11) is 0. The fourth-order valence-corrected chi connectivity index (χ4v) is 1.31. The maximum Gasteiger partial charge on any atom is 0.241 e. The monoisotopic (exact) mass is 195 g/mol. The first-order valence-electron chi connectivity index (χ1n) is 3.84. The molecule has 1 rings (SSSR count). The van der Waals surface area contributed by atoms with Crippen molar-refractivity contribution in [3.05, 3.63) is 40.4 Å². The van der Waals surface area contributed by atoms with Crippen LogP contribution in [0.2, 0.25) is 5.02 Å². The van der Waals surface area contributed by atoms with Gasteiger partial charge in [-0.3, -0.25) is 4.79 Å². The van der Waals surface area contributed by atoms with Gasteiger partial charge >= 0.3 is 0 Å². The van der Waals surface area contributed by atoms with E-state index < -0.39 is 5.91 Å². The first-order valence-corrected chi connectivity index (χ1v) is 4.21. The van der Waals surface area contributed by atoms with Gasteiger partial charge in [0.05, 0.1) is 0 Å². The van der Waals surface area contributed by atoms with E-state index in [4.69, 9.17) is 17.3 Å². The SMILES string of the molecule is Cc1cccc(Cl)c1C=CC(N)=O. The summed E-state index contributed by atoms with van der Waals surface area (Å²) < 4.78 is 0. The summed E-state index contributed by atoms with van der Waals surface area (Å²) in [6, 6.07) is 5.56. The average molecular weight is 196 g/mol. The molecule has 0 atom stereocenters. The number of benzene rings is 1. The Morgan fingerprint density at radius 3 is 2.77 bits per heavy atom. The zero-order valence-electron chi connectivity index (χ0n) is 7.25. The summed E-state index contributed by atoms with van der Waals surface area (Å²) in [5, 5.41) is 0.623. The zero-order valence-corrected chi connectivity index (χ0v) is 8.01. The van der Waals surface area contributed by atoms with E-state index in [1.54, 1.807) is 12.1 Å². The van der Waals surface area contributed by atoms with Crippen LogP contribution in [-0.4, -0.2) is 5.91 Å². The Bertz CT molecular complexity index is 338. The molecule has 0 heterocycles. The number of halogens is 1. The van der Waals surface area contributed by atoms with E-state index in [2.05, 4.69) is 0 Å². The topological polar surface area (TPSA) is 43.1 Å². The lowest BCUT2D eigenvalue weighted by Gasteiger charge is -2.01. The molecule has 0 bridgehead atoms. The van der Waals surface area contributed by atoms with Gasteiger partial charge in [0.15, 0.2) is 0 Å². The molecule has 2 N–H and O–H groups in total. The van der Waals surface area contributed by atoms with Crippen molar-refractivity contribution >= 4 is 23.6 Å². The highest BCUT2D eigenvalue weighted by atomic mass is 35.5. The molecular formula is C10H10ClNO. The van der Waals surface area contributed by atoms with Crippen LogP contribution in [0.25, 0.3) is 6.08 Å². The van der Waals surface area contributed by atoms with E-state index in [-0.39, 0.29) is 0 Å². The third kappa shape index (κ3) is 2.60. The van der Waals surface area contributed by atoms with E-state index in [9.17, 15) is 4.79 Å². The van der Waals surface area contributed by atoms with Gasteiger partial charge in [-0.05, 0) is 30.2 Å². The van der Waals surface area contributed by atoms with Crippen LogP contribution in [0.5, 0.6) is 0 Å². The third-order valence-electron chi connectivity index (χ3n) is 1.69. The smallest absolute Gasteiger partial charge is 0.241 e. The molecule has 0 aliphatic rings. The van der Waals surface area contributed by atoms with Crippen molar-refractivity contribution in [1.82, 2.24) is 0 Å². The van der Waals surface area contributed by atoms with E-state index in [0.29, 0.717) is 5.02 Å². The number of hydrogen-bond donors (Lipinski definition) is 1. The molecule has 0 saturated carbocycles. The van der Waals surface area contributed by atoms with Gasteiger partial charge in [0.1, 0.15) is 0 Å². The lowest BCUT2D eigenvalue weighted by Crippen LogP contribution is -2.05. The van der Waals surface area contributed by atoms with Crippen molar-refractivity contribution in [2.24, 2.45) is 5.73 Å². The highest BCUT2D eigenvalue weighted by Gasteiger charge is 1.98. The molecule has 1 aromatic carbocycles. The quantitative estimate of drug-likeness (QED) is 0.722. The molecule has 0 spiro atoms. The normalized spacial score (nSPS) is 10.6. The first-order chi connectivity index (χ1) is 6.11. The maximum absolute atomic E-state index is 10.5. The van der Waals surface area contributed by atoms with E-state index in [1.807, 2.05) is 19.1 Å². The molecule has 2 nitrogen and oxygen atoms in total. The molecular weight excluding hydrogens is 186 g/mol. The molecule has 0 radical (unpaired) electrons. The van der Waals surface area contributed by atoms with Gasteiger partial charge in [-0.15, -0.1) is 0 Å². The third-order valence-corrected chi connectivity index (χ3v) is 2.01. The number of carbonyl (C=O) groups is 1. The van der Waals surface area contributed by atoms with Crippen molar-refractivity contribution in [2.45, 2.75) is 6.92 Å². The van der Waals surface area contributed by atoms with Crippen LogP contribution in [0.4, 0.5) is 0 Å². The molecule has 0 aliphatic heterocycles. The predicted molar refractivity (Wildman–Crippen MR) is 54.4 cm³/mol. The van der Waals surface area contributed by atoms with Gasteiger partial charge in [-0.1, -0.05) is 23.7 Å². The van der Waals surface area contributed by atoms with Gasteiger partial charge in [-0.2, -0.15) is 0 Å². The second-order valence-corrected chi connectivity index (χ2v) is 3.11. The summed E-state index contributed by atoms with van der Waals surface area (Å²) in [6.07, 6.45) is 2.92. The van der Waals surface area contributed by atoms with Crippen LogP contribution in [0.15, 0.2) is 24.3 Å². The summed E-state index contributed by atoms with van der Waals surface area (Å²) in [4.78, 5) is 10.5. The summed E-state index contributed by atoms with van der Waals surface area (Å²) >= 11 is 5.91. The largest absolute Gasteiger partial charge is 0.366 e. The summed E-state index contributed by atoms with van der Waals surface area (Å²) in [6.45, 7) is 1.92. The van der Waals surface area contributed by atoms with Crippen LogP contribution in [0.3, 0.4) is 0 Å². The van der Waals surface area contributed by atoms with Crippen molar-refractivity contribution in [1.29, 1.82) is 0 Å². The molecule has 0 fully saturated rings. The molecule has 1 amide bonds. The number of primary amides is 1. The second-order valence-electron chi connectivity index (χ2n) is 2.71. The predicted octanol–water partition coefficient (Wildman–Crippen LogP) is 2.15. The van der Waals surface area contributed by atoms with E-state index in [0.717, 1.165) is 11.1 Å². The van der Waals surface area contributed by atoms with Crippen LogP contribution in [0.1, 0.15) is 11.1 Å². The highest BCUT2D eigenvalue weighted by Crippen LogP contribution is 2.20. The van der Waals surface area contributed by atoms with Gasteiger partial charge in [0, 0.05) is 11.1 Å². The molecule has 13 heavy (non-hydrogen) atoms. The summed E-state index contributed by atoms with van der Waals surface area (Å²) in [5.74, 6) is -0.473. The molecule has 0 saturated heterocycles. The molecule has 0 aliphatic carbocycles. The Labute approximate surface area is 82.0 Å². The number of rotatable bonds is 2. The highest BCUT2D eigenvalue weighted by molar-refractivity contribution is 6.32. The fraction of sp³-hybridized carbons (Fsp3) is 0.100. The van der Waals surface area contributed by atoms with Gasteiger partial charge in [-0.25, -0.2) is 0 Å². The molecule has 3 heteroatoms. The van der Waals surface area contributed by atoms with Crippen molar-refractivity contribution < 1.29 is 4.79 Å². The Balaban J connectivity index is 3.06. The van der Waals surface area contributed by atoms with Crippen LogP contribution in [0, 0.1) is 6.92 Å². The minimum atomic E-state index is -0.473. The lowest BCUT2D eigenvalue weighted by molar-refractivity contribution is -0.113. The lowest BCUT2D eigenvalue weighted by atomic mass is 10.1. The summed E-state index contributed by atoms with van der Waals surface area (Å²) in [5.41, 5.74) is 6.83. The van der Waals surface area contributed by atoms with Crippen molar-refractivity contribution in [3.63, 3.8) is 0 Å². The van der Waals surface area contributed by atoms with Crippen LogP contribution < -0.4 is 5.73 Å². The van der Waals surface area contributed by atoms with Crippen molar-refractivity contribution in [3.8, 4) is 0 Å². The zero-order chi connectivity index (χ0) is 9.84. The number of hydrogen-bond acceptors (Lipinski definition) is 1. The Morgan fingerprint density at radius 1 is 1.54 bits per heavy atom. The van der Waals surface area contributed by atoms with Crippen LogP contribution in [-0.2, 0) is 4.79 Å².